The van der Waals surface area contributed by atoms with Gasteiger partial charge in [0.2, 0.25) is 5.91 Å². The summed E-state index contributed by atoms with van der Waals surface area (Å²) in [5, 5.41) is 3.08. The van der Waals surface area contributed by atoms with Crippen LogP contribution >= 0.6 is 0 Å². The maximum atomic E-state index is 13.7. The first kappa shape index (κ1) is 24.5. The summed E-state index contributed by atoms with van der Waals surface area (Å²) in [6.45, 7) is 2.11. The van der Waals surface area contributed by atoms with Crippen LogP contribution in [0.2, 0.25) is 0 Å². The molecule has 37 heavy (non-hydrogen) atoms. The van der Waals surface area contributed by atoms with E-state index in [0.29, 0.717) is 43.2 Å². The van der Waals surface area contributed by atoms with Crippen molar-refractivity contribution in [1.29, 1.82) is 0 Å². The molecule has 4 aromatic rings. The van der Waals surface area contributed by atoms with E-state index in [4.69, 9.17) is 9.72 Å². The lowest BCUT2D eigenvalue weighted by Crippen LogP contribution is -2.46. The van der Waals surface area contributed by atoms with Crippen molar-refractivity contribution in [3.05, 3.63) is 94.4 Å². The number of ether oxygens (including phenoxy) is 1. The molecule has 0 unspecified atom stereocenters. The van der Waals surface area contributed by atoms with E-state index in [2.05, 4.69) is 10.3 Å². The van der Waals surface area contributed by atoms with Gasteiger partial charge in [0.25, 0.3) is 5.56 Å². The Balaban J connectivity index is 1.32. The number of hydrogen-bond donors (Lipinski definition) is 1. The molecule has 5 rings (SSSR count). The van der Waals surface area contributed by atoms with Gasteiger partial charge in [-0.1, -0.05) is 42.5 Å². The van der Waals surface area contributed by atoms with Gasteiger partial charge in [-0.25, -0.2) is 9.97 Å². The second-order valence-electron chi connectivity index (χ2n) is 9.34. The van der Waals surface area contributed by atoms with Crippen LogP contribution in [-0.4, -0.2) is 47.2 Å². The van der Waals surface area contributed by atoms with Gasteiger partial charge < -0.3 is 15.0 Å². The average Bonchev–Trinajstić information content (AvgIpc) is 2.95. The zero-order valence-electron chi connectivity index (χ0n) is 21.0. The van der Waals surface area contributed by atoms with Crippen molar-refractivity contribution in [2.45, 2.75) is 25.8 Å². The molecule has 1 amide bonds. The first-order valence-electron chi connectivity index (χ1n) is 12.7. The Morgan fingerprint density at radius 1 is 1.08 bits per heavy atom. The molecule has 1 atom stereocenters. The molecule has 1 fully saturated rings. The molecule has 0 bridgehead atoms. The van der Waals surface area contributed by atoms with Crippen LogP contribution in [0.4, 0.5) is 5.82 Å². The standard InChI is InChI=1S/C29H31N5O3/c1-37-24-12-5-10-21(18-24)14-16-31-28(35)23-11-7-17-33(20-23)27-29(36)34(19-22-8-3-2-4-9-22)26-25(32-27)13-6-15-30-26/h2-6,8-10,12-13,15,18,23H,7,11,14,16-17,19-20H2,1H3,(H,31,35)/t23-/m1/s1. The number of aromatic nitrogens is 3. The fraction of sp³-hybridized carbons (Fsp3) is 0.310. The van der Waals surface area contributed by atoms with Crippen LogP contribution in [0, 0.1) is 5.92 Å². The van der Waals surface area contributed by atoms with Crippen LogP contribution in [-0.2, 0) is 17.8 Å². The lowest BCUT2D eigenvalue weighted by atomic mass is 9.97. The molecule has 1 saturated heterocycles. The lowest BCUT2D eigenvalue weighted by Gasteiger charge is -2.32. The Hall–Kier alpha value is -4.20. The van der Waals surface area contributed by atoms with E-state index in [9.17, 15) is 9.59 Å². The number of fused-ring (bicyclic) bond motifs is 1. The van der Waals surface area contributed by atoms with Crippen LogP contribution in [0.5, 0.6) is 5.75 Å². The van der Waals surface area contributed by atoms with Crippen molar-refractivity contribution in [3.8, 4) is 5.75 Å². The smallest absolute Gasteiger partial charge is 0.295 e. The van der Waals surface area contributed by atoms with Gasteiger partial charge in [0.05, 0.1) is 19.6 Å². The number of nitrogens with zero attached hydrogens (tertiary/aromatic N) is 4. The van der Waals surface area contributed by atoms with E-state index >= 15 is 0 Å². The molecular formula is C29H31N5O3. The van der Waals surface area contributed by atoms with E-state index < -0.39 is 0 Å². The Morgan fingerprint density at radius 3 is 2.76 bits per heavy atom. The minimum atomic E-state index is -0.201. The quantitative estimate of drug-likeness (QED) is 0.401. The normalized spacial score (nSPS) is 15.5. The average molecular weight is 498 g/mol. The molecule has 1 aliphatic rings. The monoisotopic (exact) mass is 497 g/mol. The molecule has 2 aromatic carbocycles. The Kier molecular flexibility index (Phi) is 7.44. The summed E-state index contributed by atoms with van der Waals surface area (Å²) in [6.07, 6.45) is 4.01. The van der Waals surface area contributed by atoms with Crippen molar-refractivity contribution in [3.63, 3.8) is 0 Å². The van der Waals surface area contributed by atoms with Gasteiger partial charge in [0.15, 0.2) is 11.5 Å². The highest BCUT2D eigenvalue weighted by atomic mass is 16.5. The molecule has 3 heterocycles. The van der Waals surface area contributed by atoms with Crippen LogP contribution in [0.15, 0.2) is 77.7 Å². The maximum Gasteiger partial charge on any atom is 0.295 e. The van der Waals surface area contributed by atoms with Crippen LogP contribution < -0.4 is 20.5 Å². The molecule has 8 nitrogen and oxygen atoms in total. The third-order valence-corrected chi connectivity index (χ3v) is 6.81. The summed E-state index contributed by atoms with van der Waals surface area (Å²) < 4.78 is 6.96. The van der Waals surface area contributed by atoms with Crippen LogP contribution in [0.1, 0.15) is 24.0 Å². The lowest BCUT2D eigenvalue weighted by molar-refractivity contribution is -0.125. The molecule has 190 valence electrons. The highest BCUT2D eigenvalue weighted by Crippen LogP contribution is 2.22. The number of hydrogen-bond acceptors (Lipinski definition) is 6. The summed E-state index contributed by atoms with van der Waals surface area (Å²) >= 11 is 0. The minimum absolute atomic E-state index is 0.0136. The van der Waals surface area contributed by atoms with Crippen molar-refractivity contribution < 1.29 is 9.53 Å². The predicted molar refractivity (Wildman–Crippen MR) is 144 cm³/mol. The van der Waals surface area contributed by atoms with Crippen LogP contribution in [0.25, 0.3) is 11.2 Å². The number of benzene rings is 2. The van der Waals surface area contributed by atoms with E-state index in [1.807, 2.05) is 71.6 Å². The number of rotatable bonds is 8. The second kappa shape index (κ2) is 11.2. The summed E-state index contributed by atoms with van der Waals surface area (Å²) in [6, 6.07) is 21.4. The van der Waals surface area contributed by atoms with E-state index in [1.54, 1.807) is 17.9 Å². The highest BCUT2D eigenvalue weighted by molar-refractivity contribution is 5.79. The molecule has 8 heteroatoms. The molecule has 0 spiro atoms. The van der Waals surface area contributed by atoms with Crippen LogP contribution in [0.3, 0.4) is 0 Å². The fourth-order valence-corrected chi connectivity index (χ4v) is 4.87. The van der Waals surface area contributed by atoms with Gasteiger partial charge in [-0.2, -0.15) is 0 Å². The van der Waals surface area contributed by atoms with Gasteiger partial charge in [-0.05, 0) is 54.7 Å². The number of methoxy groups -OCH3 is 1. The zero-order chi connectivity index (χ0) is 25.6. The summed E-state index contributed by atoms with van der Waals surface area (Å²) in [7, 11) is 1.65. The van der Waals surface area contributed by atoms with Crippen molar-refractivity contribution >= 4 is 22.9 Å². The number of anilines is 1. The third-order valence-electron chi connectivity index (χ3n) is 6.81. The maximum absolute atomic E-state index is 13.7. The predicted octanol–water partition coefficient (Wildman–Crippen LogP) is 3.42. The number of nitrogens with one attached hydrogen (secondary N) is 1. The molecule has 0 radical (unpaired) electrons. The topological polar surface area (TPSA) is 89.3 Å². The molecule has 1 N–H and O–H groups in total. The summed E-state index contributed by atoms with van der Waals surface area (Å²) in [5.74, 6) is 1.00. The first-order valence-corrected chi connectivity index (χ1v) is 12.7. The first-order chi connectivity index (χ1) is 18.1. The molecule has 1 aliphatic heterocycles. The summed E-state index contributed by atoms with van der Waals surface area (Å²) in [5.41, 5.74) is 3.16. The van der Waals surface area contributed by atoms with E-state index in [1.165, 1.54) is 0 Å². The van der Waals surface area contributed by atoms with Crippen molar-refractivity contribution in [2.24, 2.45) is 5.92 Å². The number of carbonyl (C=O) groups excluding carboxylic acids is 1. The zero-order valence-corrected chi connectivity index (χ0v) is 21.0. The van der Waals surface area contributed by atoms with E-state index in [0.717, 1.165) is 36.1 Å². The third kappa shape index (κ3) is 5.63. The number of amides is 1. The van der Waals surface area contributed by atoms with Gasteiger partial charge in [-0.15, -0.1) is 0 Å². The Morgan fingerprint density at radius 2 is 1.92 bits per heavy atom. The molecular weight excluding hydrogens is 466 g/mol. The van der Waals surface area contributed by atoms with Gasteiger partial charge in [-0.3, -0.25) is 14.2 Å². The van der Waals surface area contributed by atoms with Gasteiger partial charge >= 0.3 is 0 Å². The van der Waals surface area contributed by atoms with Gasteiger partial charge in [0.1, 0.15) is 11.3 Å². The highest BCUT2D eigenvalue weighted by Gasteiger charge is 2.28. The Bertz CT molecular complexity index is 1440. The van der Waals surface area contributed by atoms with Crippen molar-refractivity contribution in [2.75, 3.05) is 31.6 Å². The number of carbonyl (C=O) groups is 1. The second-order valence-corrected chi connectivity index (χ2v) is 9.34. The largest absolute Gasteiger partial charge is 0.497 e. The molecule has 0 saturated carbocycles. The molecule has 2 aromatic heterocycles. The number of piperidine rings is 1. The fourth-order valence-electron chi connectivity index (χ4n) is 4.87. The summed E-state index contributed by atoms with van der Waals surface area (Å²) in [4.78, 5) is 37.8. The van der Waals surface area contributed by atoms with Crippen molar-refractivity contribution in [1.82, 2.24) is 19.9 Å². The van der Waals surface area contributed by atoms with E-state index in [-0.39, 0.29) is 17.4 Å². The van der Waals surface area contributed by atoms with Gasteiger partial charge in [0, 0.05) is 25.8 Å². The number of pyridine rings is 1. The molecule has 0 aliphatic carbocycles. The Labute approximate surface area is 215 Å². The SMILES string of the molecule is COc1cccc(CCNC(=O)[C@@H]2CCCN(c3nc4cccnc4n(Cc4ccccc4)c3=O)C2)c1. The minimum Gasteiger partial charge on any atom is -0.497 e.